The molecule has 1 saturated carbocycles. The van der Waals surface area contributed by atoms with Gasteiger partial charge in [-0.1, -0.05) is 140 Å². The van der Waals surface area contributed by atoms with Gasteiger partial charge in [0.25, 0.3) is 6.71 Å². The van der Waals surface area contributed by atoms with E-state index in [1.54, 1.807) is 5.56 Å². The van der Waals surface area contributed by atoms with Crippen LogP contribution in [0.4, 0.5) is 44.8 Å². The number of hydrogen-bond acceptors (Lipinski definition) is 4. The molecule has 0 N–H and O–H groups in total. The minimum Gasteiger partial charge on any atom is -0.335 e. The lowest BCUT2D eigenvalue weighted by atomic mass is 9.33. The third-order valence-electron chi connectivity index (χ3n) is 15.0. The number of benzene rings is 6. The van der Waals surface area contributed by atoms with Crippen LogP contribution in [0.5, 0.6) is 0 Å². The highest BCUT2D eigenvalue weighted by Gasteiger charge is 2.62. The number of thiophene rings is 1. The molecule has 60 heavy (non-hydrogen) atoms. The van der Waals surface area contributed by atoms with Crippen molar-refractivity contribution in [2.45, 2.75) is 110 Å². The lowest BCUT2D eigenvalue weighted by Crippen LogP contribution is -2.64. The molecule has 0 amide bonds. The largest absolute Gasteiger partial charge is 0.335 e. The molecule has 3 aliphatic heterocycles. The molecule has 1 fully saturated rings. The normalized spacial score (nSPS) is 20.2. The molecule has 0 spiro atoms. The third-order valence-corrected chi connectivity index (χ3v) is 16.2. The van der Waals surface area contributed by atoms with Crippen molar-refractivity contribution in [2.24, 2.45) is 0 Å². The molecule has 11 rings (SSSR count). The molecule has 2 unspecified atom stereocenters. The summed E-state index contributed by atoms with van der Waals surface area (Å²) in [6, 6.07) is 48.8. The van der Waals surface area contributed by atoms with Crippen molar-refractivity contribution < 1.29 is 0 Å². The molecule has 3 nitrogen and oxygen atoms in total. The van der Waals surface area contributed by atoms with Gasteiger partial charge < -0.3 is 14.7 Å². The van der Waals surface area contributed by atoms with Gasteiger partial charge in [0.1, 0.15) is 0 Å². The van der Waals surface area contributed by atoms with E-state index >= 15 is 0 Å². The average molecular weight is 802 g/mol. The van der Waals surface area contributed by atoms with E-state index in [0.29, 0.717) is 0 Å². The molecule has 0 saturated heterocycles. The topological polar surface area (TPSA) is 9.72 Å². The second-order valence-electron chi connectivity index (χ2n) is 20.6. The van der Waals surface area contributed by atoms with Gasteiger partial charge in [0.05, 0.1) is 16.2 Å². The van der Waals surface area contributed by atoms with Gasteiger partial charge in [-0.2, -0.15) is 0 Å². The Hall–Kier alpha value is -5.26. The Morgan fingerprint density at radius 2 is 1.25 bits per heavy atom. The van der Waals surface area contributed by atoms with Crippen LogP contribution in [0.15, 0.2) is 127 Å². The summed E-state index contributed by atoms with van der Waals surface area (Å²) in [6.45, 7) is 21.8. The van der Waals surface area contributed by atoms with Crippen molar-refractivity contribution in [3.05, 3.63) is 150 Å². The van der Waals surface area contributed by atoms with Crippen LogP contribution in [0.25, 0.3) is 10.1 Å². The van der Waals surface area contributed by atoms with Gasteiger partial charge in [-0.3, -0.25) is 0 Å². The summed E-state index contributed by atoms with van der Waals surface area (Å²) >= 11 is 1.96. The van der Waals surface area contributed by atoms with Crippen LogP contribution in [0.3, 0.4) is 0 Å². The highest BCUT2D eigenvalue weighted by Crippen LogP contribution is 2.63. The molecule has 1 aromatic heterocycles. The van der Waals surface area contributed by atoms with Gasteiger partial charge in [-0.25, -0.2) is 0 Å². The van der Waals surface area contributed by atoms with Crippen LogP contribution in [0, 0.1) is 6.92 Å². The number of para-hydroxylation sites is 2. The Morgan fingerprint density at radius 1 is 0.617 bits per heavy atom. The Bertz CT molecular complexity index is 2820. The molecule has 4 aliphatic rings. The first-order valence-corrected chi connectivity index (χ1v) is 23.0. The fraction of sp³-hybridized carbons (Fsp3) is 0.309. The monoisotopic (exact) mass is 801 g/mol. The summed E-state index contributed by atoms with van der Waals surface area (Å²) in [5.74, 6) is 0. The molecular formula is C55H56BN3S. The zero-order valence-corrected chi connectivity index (χ0v) is 37.6. The Morgan fingerprint density at radius 3 is 1.92 bits per heavy atom. The van der Waals surface area contributed by atoms with E-state index in [-0.39, 0.29) is 28.5 Å². The average Bonchev–Trinajstić information content (AvgIpc) is 3.70. The fourth-order valence-corrected chi connectivity index (χ4v) is 12.8. The molecule has 4 heterocycles. The molecule has 5 heteroatoms. The first kappa shape index (κ1) is 37.7. The van der Waals surface area contributed by atoms with Crippen LogP contribution < -0.4 is 31.1 Å². The molecule has 2 atom stereocenters. The van der Waals surface area contributed by atoms with Crippen LogP contribution in [-0.2, 0) is 16.2 Å². The summed E-state index contributed by atoms with van der Waals surface area (Å²) in [5.41, 5.74) is 18.9. The quantitative estimate of drug-likeness (QED) is 0.164. The van der Waals surface area contributed by atoms with Gasteiger partial charge in [0.2, 0.25) is 0 Å². The van der Waals surface area contributed by atoms with E-state index in [9.17, 15) is 0 Å². The zero-order valence-electron chi connectivity index (χ0n) is 36.8. The van der Waals surface area contributed by atoms with Crippen molar-refractivity contribution in [2.75, 3.05) is 14.7 Å². The highest BCUT2D eigenvalue weighted by atomic mass is 32.1. The number of nitrogens with zero attached hydrogens (tertiary/aromatic N) is 3. The van der Waals surface area contributed by atoms with Gasteiger partial charge in [0.15, 0.2) is 0 Å². The Balaban J connectivity index is 1.31. The second kappa shape index (κ2) is 12.9. The first-order valence-electron chi connectivity index (χ1n) is 22.2. The highest BCUT2D eigenvalue weighted by molar-refractivity contribution is 7.26. The number of hydrogen-bond donors (Lipinski definition) is 0. The summed E-state index contributed by atoms with van der Waals surface area (Å²) in [6.07, 6.45) is 4.87. The van der Waals surface area contributed by atoms with Crippen LogP contribution in [0.2, 0.25) is 0 Å². The maximum atomic E-state index is 2.89. The van der Waals surface area contributed by atoms with E-state index in [0.717, 1.165) is 17.8 Å². The van der Waals surface area contributed by atoms with Crippen molar-refractivity contribution in [1.29, 1.82) is 0 Å². The van der Waals surface area contributed by atoms with Crippen LogP contribution in [-0.4, -0.2) is 12.3 Å². The number of rotatable bonds is 4. The summed E-state index contributed by atoms with van der Waals surface area (Å²) in [4.78, 5) is 8.05. The van der Waals surface area contributed by atoms with Crippen LogP contribution >= 0.6 is 11.3 Å². The van der Waals surface area contributed by atoms with Gasteiger partial charge in [0, 0.05) is 44.2 Å². The third kappa shape index (κ3) is 5.20. The maximum Gasteiger partial charge on any atom is 0.254 e. The van der Waals surface area contributed by atoms with Crippen molar-refractivity contribution in [3.63, 3.8) is 0 Å². The summed E-state index contributed by atoms with van der Waals surface area (Å²) in [5, 5.41) is 2.72. The van der Waals surface area contributed by atoms with Crippen molar-refractivity contribution in [3.8, 4) is 0 Å². The number of aryl methyl sites for hydroxylation is 1. The Labute approximate surface area is 361 Å². The van der Waals surface area contributed by atoms with E-state index in [1.807, 2.05) is 11.3 Å². The minimum absolute atomic E-state index is 0.00410. The van der Waals surface area contributed by atoms with E-state index < -0.39 is 0 Å². The van der Waals surface area contributed by atoms with Gasteiger partial charge in [-0.05, 0) is 130 Å². The van der Waals surface area contributed by atoms with Crippen LogP contribution in [0.1, 0.15) is 103 Å². The molecule has 1 aliphatic carbocycles. The number of fused-ring (bicyclic) bond motifs is 9. The second-order valence-corrected chi connectivity index (χ2v) is 21.6. The molecule has 300 valence electrons. The molecule has 7 aromatic rings. The van der Waals surface area contributed by atoms with E-state index in [4.69, 9.17) is 0 Å². The smallest absolute Gasteiger partial charge is 0.254 e. The summed E-state index contributed by atoms with van der Waals surface area (Å²) < 4.78 is 1.35. The lowest BCUT2D eigenvalue weighted by molar-refractivity contribution is 0.195. The minimum atomic E-state index is -0.0907. The SMILES string of the molecule is Cc1cc(C(C)(C)C)ccc1N1c2cc(N(c3ccccc3)c3ccccc3)cc3c2B(c2cc(C(C)(C)C)cc4c2N3C2(C)CCCCC42C)c2c1sc1ccccc21. The van der Waals surface area contributed by atoms with Gasteiger partial charge in [-0.15, -0.1) is 11.3 Å². The Kier molecular flexibility index (Phi) is 8.10. The van der Waals surface area contributed by atoms with Crippen molar-refractivity contribution >= 4 is 89.3 Å². The molecule has 0 radical (unpaired) electrons. The van der Waals surface area contributed by atoms with Gasteiger partial charge >= 0.3 is 0 Å². The van der Waals surface area contributed by atoms with Crippen molar-refractivity contribution in [1.82, 2.24) is 0 Å². The fourth-order valence-electron chi connectivity index (χ4n) is 11.6. The lowest BCUT2D eigenvalue weighted by Gasteiger charge is -2.52. The standard InChI is InChI=1S/C55H56BN3S/c1-35-30-36(52(2,3)4)26-27-44(35)58-45-33-40(57(38-20-12-10-13-21-38)39-22-14-11-15-23-39)34-46-49(45)56(48-41-24-16-17-25-47(41)60-51(48)58)43-32-37(53(5,6)7)31-42-50(43)59(46)55(9)29-19-18-28-54(42,55)8/h10-17,20-27,30-34H,18-19,28-29H2,1-9H3. The predicted molar refractivity (Wildman–Crippen MR) is 261 cm³/mol. The maximum absolute atomic E-state index is 2.89. The zero-order chi connectivity index (χ0) is 41.5. The summed E-state index contributed by atoms with van der Waals surface area (Å²) in [7, 11) is 0. The molecular weight excluding hydrogens is 746 g/mol. The predicted octanol–water partition coefficient (Wildman–Crippen LogP) is 13.6. The molecule has 6 aromatic carbocycles. The van der Waals surface area contributed by atoms with E-state index in [1.165, 1.54) is 95.9 Å². The van der Waals surface area contributed by atoms with E-state index in [2.05, 4.69) is 204 Å². The molecule has 0 bridgehead atoms. The first-order chi connectivity index (χ1) is 28.7. The number of anilines is 8.